The Kier molecular flexibility index (Phi) is 5.33. The summed E-state index contributed by atoms with van der Waals surface area (Å²) in [6, 6.07) is 0. The average molecular weight is 217 g/mol. The molecule has 14 heavy (non-hydrogen) atoms. The quantitative estimate of drug-likeness (QED) is 0.663. The van der Waals surface area contributed by atoms with Gasteiger partial charge in [-0.3, -0.25) is 4.79 Å². The molecule has 0 unspecified atom stereocenters. The standard InChI is InChI=1S/C10H19NO2S/c1-13-10(12)9-4-3-5-11(8-9)6-7-14-2/h9H,3-8H2,1-2H3/t9-/m0/s1. The molecule has 3 nitrogen and oxygen atoms in total. The lowest BCUT2D eigenvalue weighted by molar-refractivity contribution is -0.147. The van der Waals surface area contributed by atoms with Crippen molar-refractivity contribution in [2.24, 2.45) is 5.92 Å². The van der Waals surface area contributed by atoms with Crippen LogP contribution in [0, 0.1) is 5.92 Å². The van der Waals surface area contributed by atoms with Gasteiger partial charge in [-0.05, 0) is 25.6 Å². The van der Waals surface area contributed by atoms with Crippen LogP contribution in [0.3, 0.4) is 0 Å². The van der Waals surface area contributed by atoms with Crippen LogP contribution in [0.15, 0.2) is 0 Å². The molecule has 1 heterocycles. The SMILES string of the molecule is COC(=O)[C@H]1CCCN(CCSC)C1. The first-order chi connectivity index (χ1) is 6.77. The lowest BCUT2D eigenvalue weighted by Crippen LogP contribution is -2.40. The van der Waals surface area contributed by atoms with Gasteiger partial charge in [-0.1, -0.05) is 0 Å². The molecule has 1 saturated heterocycles. The van der Waals surface area contributed by atoms with Crippen molar-refractivity contribution in [1.82, 2.24) is 4.90 Å². The van der Waals surface area contributed by atoms with Gasteiger partial charge in [0.2, 0.25) is 0 Å². The van der Waals surface area contributed by atoms with Gasteiger partial charge in [-0.25, -0.2) is 0 Å². The molecule has 0 aromatic rings. The zero-order valence-corrected chi connectivity index (χ0v) is 9.81. The lowest BCUT2D eigenvalue weighted by atomic mass is 9.98. The van der Waals surface area contributed by atoms with Crippen LogP contribution in [-0.4, -0.2) is 49.6 Å². The van der Waals surface area contributed by atoms with E-state index >= 15 is 0 Å². The van der Waals surface area contributed by atoms with E-state index in [2.05, 4.69) is 11.2 Å². The maximum absolute atomic E-state index is 11.3. The minimum Gasteiger partial charge on any atom is -0.469 e. The molecule has 0 N–H and O–H groups in total. The Morgan fingerprint density at radius 1 is 1.64 bits per heavy atom. The van der Waals surface area contributed by atoms with E-state index in [4.69, 9.17) is 4.74 Å². The summed E-state index contributed by atoms with van der Waals surface area (Å²) in [6.07, 6.45) is 4.22. The lowest BCUT2D eigenvalue weighted by Gasteiger charge is -2.30. The Balaban J connectivity index is 2.31. The van der Waals surface area contributed by atoms with Crippen LogP contribution in [0.4, 0.5) is 0 Å². The summed E-state index contributed by atoms with van der Waals surface area (Å²) in [4.78, 5) is 13.7. The average Bonchev–Trinajstić information content (AvgIpc) is 2.25. The van der Waals surface area contributed by atoms with Crippen LogP contribution in [-0.2, 0) is 9.53 Å². The smallest absolute Gasteiger partial charge is 0.309 e. The van der Waals surface area contributed by atoms with Crippen LogP contribution in [0.2, 0.25) is 0 Å². The number of nitrogens with zero attached hydrogens (tertiary/aromatic N) is 1. The monoisotopic (exact) mass is 217 g/mol. The van der Waals surface area contributed by atoms with E-state index in [1.54, 1.807) is 0 Å². The molecule has 0 amide bonds. The molecule has 0 aliphatic carbocycles. The maximum atomic E-state index is 11.3. The molecule has 0 saturated carbocycles. The van der Waals surface area contributed by atoms with Crippen molar-refractivity contribution in [1.29, 1.82) is 0 Å². The van der Waals surface area contributed by atoms with E-state index in [0.29, 0.717) is 0 Å². The highest BCUT2D eigenvalue weighted by Gasteiger charge is 2.25. The fourth-order valence-corrected chi connectivity index (χ4v) is 2.28. The number of hydrogen-bond acceptors (Lipinski definition) is 4. The summed E-state index contributed by atoms with van der Waals surface area (Å²) in [7, 11) is 1.48. The van der Waals surface area contributed by atoms with Crippen molar-refractivity contribution in [3.05, 3.63) is 0 Å². The Bertz CT molecular complexity index is 187. The number of rotatable bonds is 4. The molecule has 0 radical (unpaired) electrons. The number of thioether (sulfide) groups is 1. The second-order valence-electron chi connectivity index (χ2n) is 3.66. The fourth-order valence-electron chi connectivity index (χ4n) is 1.84. The first-order valence-electron chi connectivity index (χ1n) is 5.07. The topological polar surface area (TPSA) is 29.5 Å². The summed E-state index contributed by atoms with van der Waals surface area (Å²) >= 11 is 1.85. The molecular formula is C10H19NO2S. The summed E-state index contributed by atoms with van der Waals surface area (Å²) in [6.45, 7) is 3.11. The second-order valence-corrected chi connectivity index (χ2v) is 4.64. The fraction of sp³-hybridized carbons (Fsp3) is 0.900. The van der Waals surface area contributed by atoms with Crippen LogP contribution >= 0.6 is 11.8 Å². The summed E-state index contributed by atoms with van der Waals surface area (Å²) in [5, 5.41) is 0. The van der Waals surface area contributed by atoms with E-state index in [9.17, 15) is 4.79 Å². The van der Waals surface area contributed by atoms with Gasteiger partial charge in [0.1, 0.15) is 0 Å². The normalized spacial score (nSPS) is 23.4. The number of likely N-dealkylation sites (tertiary alicyclic amines) is 1. The van der Waals surface area contributed by atoms with Crippen molar-refractivity contribution in [3.8, 4) is 0 Å². The molecule has 1 aliphatic heterocycles. The van der Waals surface area contributed by atoms with E-state index in [-0.39, 0.29) is 11.9 Å². The third-order valence-corrected chi connectivity index (χ3v) is 3.24. The van der Waals surface area contributed by atoms with Gasteiger partial charge >= 0.3 is 5.97 Å². The Morgan fingerprint density at radius 3 is 3.07 bits per heavy atom. The van der Waals surface area contributed by atoms with Crippen molar-refractivity contribution in [2.45, 2.75) is 12.8 Å². The summed E-state index contributed by atoms with van der Waals surface area (Å²) in [5.41, 5.74) is 0. The molecule has 1 aliphatic rings. The molecule has 0 bridgehead atoms. The van der Waals surface area contributed by atoms with E-state index < -0.39 is 0 Å². The van der Waals surface area contributed by atoms with Crippen LogP contribution in [0.5, 0.6) is 0 Å². The highest BCUT2D eigenvalue weighted by atomic mass is 32.2. The molecule has 0 aromatic carbocycles. The minimum atomic E-state index is -0.0427. The molecule has 0 spiro atoms. The van der Waals surface area contributed by atoms with E-state index in [1.165, 1.54) is 7.11 Å². The number of piperidine rings is 1. The Hall–Kier alpha value is -0.220. The Labute approximate surface area is 90.2 Å². The number of hydrogen-bond donors (Lipinski definition) is 0. The summed E-state index contributed by atoms with van der Waals surface area (Å²) in [5.74, 6) is 1.21. The summed E-state index contributed by atoms with van der Waals surface area (Å²) < 4.78 is 4.77. The first-order valence-corrected chi connectivity index (χ1v) is 6.46. The van der Waals surface area contributed by atoms with Crippen molar-refractivity contribution >= 4 is 17.7 Å². The van der Waals surface area contributed by atoms with Gasteiger partial charge in [0.05, 0.1) is 13.0 Å². The predicted octanol–water partition coefficient (Wildman–Crippen LogP) is 1.23. The molecule has 1 atom stereocenters. The molecule has 1 fully saturated rings. The number of ether oxygens (including phenoxy) is 1. The predicted molar refractivity (Wildman–Crippen MR) is 59.6 cm³/mol. The maximum Gasteiger partial charge on any atom is 0.309 e. The van der Waals surface area contributed by atoms with Gasteiger partial charge < -0.3 is 9.64 Å². The number of methoxy groups -OCH3 is 1. The number of carbonyl (C=O) groups is 1. The van der Waals surface area contributed by atoms with Gasteiger partial charge in [0.25, 0.3) is 0 Å². The van der Waals surface area contributed by atoms with Crippen LogP contribution in [0.25, 0.3) is 0 Å². The first kappa shape index (κ1) is 11.9. The van der Waals surface area contributed by atoms with Gasteiger partial charge in [-0.2, -0.15) is 11.8 Å². The molecule has 82 valence electrons. The molecule has 1 rings (SSSR count). The van der Waals surface area contributed by atoms with E-state index in [0.717, 1.165) is 38.2 Å². The molecule has 4 heteroatoms. The van der Waals surface area contributed by atoms with Crippen LogP contribution < -0.4 is 0 Å². The highest BCUT2D eigenvalue weighted by Crippen LogP contribution is 2.17. The highest BCUT2D eigenvalue weighted by molar-refractivity contribution is 7.98. The zero-order valence-electron chi connectivity index (χ0n) is 8.99. The second kappa shape index (κ2) is 6.30. The minimum absolute atomic E-state index is 0.0427. The van der Waals surface area contributed by atoms with E-state index in [1.807, 2.05) is 11.8 Å². The zero-order chi connectivity index (χ0) is 10.4. The molecular weight excluding hydrogens is 198 g/mol. The van der Waals surface area contributed by atoms with Gasteiger partial charge in [0.15, 0.2) is 0 Å². The van der Waals surface area contributed by atoms with Crippen molar-refractivity contribution in [3.63, 3.8) is 0 Å². The van der Waals surface area contributed by atoms with Crippen molar-refractivity contribution < 1.29 is 9.53 Å². The largest absolute Gasteiger partial charge is 0.469 e. The number of esters is 1. The third kappa shape index (κ3) is 3.50. The Morgan fingerprint density at radius 2 is 2.43 bits per heavy atom. The molecule has 0 aromatic heterocycles. The third-order valence-electron chi connectivity index (χ3n) is 2.65. The van der Waals surface area contributed by atoms with Crippen LogP contribution in [0.1, 0.15) is 12.8 Å². The van der Waals surface area contributed by atoms with Crippen molar-refractivity contribution in [2.75, 3.05) is 38.8 Å². The number of carbonyl (C=O) groups excluding carboxylic acids is 1. The van der Waals surface area contributed by atoms with Gasteiger partial charge in [-0.15, -0.1) is 0 Å². The van der Waals surface area contributed by atoms with Gasteiger partial charge in [0, 0.05) is 18.8 Å².